The molecule has 0 spiro atoms. The van der Waals surface area contributed by atoms with E-state index < -0.39 is 0 Å². The average Bonchev–Trinajstić information content (AvgIpc) is 2.99. The number of pyridine rings is 2. The first-order valence-corrected chi connectivity index (χ1v) is 7.08. The van der Waals surface area contributed by atoms with Gasteiger partial charge in [-0.1, -0.05) is 6.92 Å². The highest BCUT2D eigenvalue weighted by Crippen LogP contribution is 2.19. The molecule has 0 aromatic carbocycles. The smallest absolute Gasteiger partial charge is 0.319 e. The summed E-state index contributed by atoms with van der Waals surface area (Å²) in [4.78, 5) is 20.4. The van der Waals surface area contributed by atoms with Crippen LogP contribution in [0.25, 0.3) is 17.0 Å². The number of aromatic nitrogens is 4. The lowest BCUT2D eigenvalue weighted by molar-refractivity contribution is 0.252. The molecule has 0 aliphatic carbocycles. The van der Waals surface area contributed by atoms with Crippen LogP contribution in [0.15, 0.2) is 42.9 Å². The third-order valence-electron chi connectivity index (χ3n) is 3.07. The van der Waals surface area contributed by atoms with E-state index in [1.807, 2.05) is 25.1 Å². The molecule has 0 aliphatic rings. The lowest BCUT2D eigenvalue weighted by Gasteiger charge is -2.06. The van der Waals surface area contributed by atoms with Gasteiger partial charge in [0.05, 0.1) is 5.69 Å². The molecule has 0 unspecified atom stereocenters. The summed E-state index contributed by atoms with van der Waals surface area (Å²) in [6.45, 7) is 2.63. The van der Waals surface area contributed by atoms with Gasteiger partial charge in [-0.2, -0.15) is 0 Å². The maximum Gasteiger partial charge on any atom is 0.319 e. The number of nitrogens with one attached hydrogen (secondary N) is 2. The molecule has 0 radical (unpaired) electrons. The molecular formula is C15H16N6O. The zero-order valence-corrected chi connectivity index (χ0v) is 12.2. The van der Waals surface area contributed by atoms with E-state index in [9.17, 15) is 4.79 Å². The molecule has 0 saturated carbocycles. The molecule has 0 saturated heterocycles. The number of anilines is 1. The standard InChI is InChI=1S/C15H16N6O/c1-2-7-17-15(22)18-12-6-4-9-21-14(12)19-13(20-21)11-5-3-8-16-10-11/h3-6,8-10H,2,7H2,1H3,(H2,17,18,22). The average molecular weight is 296 g/mol. The molecule has 3 rings (SSSR count). The van der Waals surface area contributed by atoms with Gasteiger partial charge < -0.3 is 10.6 Å². The van der Waals surface area contributed by atoms with E-state index in [2.05, 4.69) is 25.7 Å². The van der Waals surface area contributed by atoms with Crippen molar-refractivity contribution in [3.8, 4) is 11.4 Å². The summed E-state index contributed by atoms with van der Waals surface area (Å²) in [5.41, 5.74) is 2.03. The maximum atomic E-state index is 11.8. The predicted molar refractivity (Wildman–Crippen MR) is 83.5 cm³/mol. The van der Waals surface area contributed by atoms with Gasteiger partial charge in [-0.15, -0.1) is 5.10 Å². The van der Waals surface area contributed by atoms with Gasteiger partial charge in [0.1, 0.15) is 0 Å². The van der Waals surface area contributed by atoms with Gasteiger partial charge in [0.15, 0.2) is 11.5 Å². The van der Waals surface area contributed by atoms with Crippen LogP contribution in [0, 0.1) is 0 Å². The summed E-state index contributed by atoms with van der Waals surface area (Å²) in [7, 11) is 0. The van der Waals surface area contributed by atoms with Crippen molar-refractivity contribution in [2.45, 2.75) is 13.3 Å². The van der Waals surface area contributed by atoms with Crippen LogP contribution in [0.2, 0.25) is 0 Å². The van der Waals surface area contributed by atoms with Gasteiger partial charge in [0.25, 0.3) is 0 Å². The fourth-order valence-electron chi connectivity index (χ4n) is 2.03. The number of hydrogen-bond acceptors (Lipinski definition) is 4. The molecule has 0 atom stereocenters. The Labute approximate surface area is 127 Å². The molecule has 0 fully saturated rings. The molecular weight excluding hydrogens is 280 g/mol. The molecule has 3 heterocycles. The van der Waals surface area contributed by atoms with Crippen LogP contribution >= 0.6 is 0 Å². The molecule has 7 heteroatoms. The molecule has 0 aliphatic heterocycles. The Morgan fingerprint density at radius 1 is 1.32 bits per heavy atom. The molecule has 7 nitrogen and oxygen atoms in total. The monoisotopic (exact) mass is 296 g/mol. The fraction of sp³-hybridized carbons (Fsp3) is 0.200. The Morgan fingerprint density at radius 2 is 2.23 bits per heavy atom. The van der Waals surface area contributed by atoms with Crippen molar-refractivity contribution in [1.82, 2.24) is 24.9 Å². The Hall–Kier alpha value is -2.96. The minimum Gasteiger partial charge on any atom is -0.338 e. The summed E-state index contributed by atoms with van der Waals surface area (Å²) in [6.07, 6.45) is 6.07. The molecule has 112 valence electrons. The van der Waals surface area contributed by atoms with Crippen LogP contribution < -0.4 is 10.6 Å². The van der Waals surface area contributed by atoms with Crippen LogP contribution in [-0.2, 0) is 0 Å². The quantitative estimate of drug-likeness (QED) is 0.774. The van der Waals surface area contributed by atoms with E-state index in [4.69, 9.17) is 0 Å². The second-order valence-electron chi connectivity index (χ2n) is 4.75. The largest absolute Gasteiger partial charge is 0.338 e. The SMILES string of the molecule is CCCNC(=O)Nc1cccn2nc(-c3cccnc3)nc12. The maximum absolute atomic E-state index is 11.8. The molecule has 3 aromatic heterocycles. The lowest BCUT2D eigenvalue weighted by atomic mass is 10.3. The van der Waals surface area contributed by atoms with E-state index in [1.165, 1.54) is 0 Å². The fourth-order valence-corrected chi connectivity index (χ4v) is 2.03. The Bertz CT molecular complexity index is 783. The van der Waals surface area contributed by atoms with Crippen LogP contribution in [0.5, 0.6) is 0 Å². The third kappa shape index (κ3) is 2.88. The Balaban J connectivity index is 1.92. The highest BCUT2D eigenvalue weighted by molar-refractivity contribution is 5.93. The second kappa shape index (κ2) is 6.21. The van der Waals surface area contributed by atoms with E-state index in [-0.39, 0.29) is 6.03 Å². The van der Waals surface area contributed by atoms with Gasteiger partial charge in [0.2, 0.25) is 0 Å². The Morgan fingerprint density at radius 3 is 3.00 bits per heavy atom. The van der Waals surface area contributed by atoms with Crippen LogP contribution in [0.1, 0.15) is 13.3 Å². The highest BCUT2D eigenvalue weighted by Gasteiger charge is 2.11. The van der Waals surface area contributed by atoms with Crippen molar-refractivity contribution in [3.63, 3.8) is 0 Å². The van der Waals surface area contributed by atoms with Crippen molar-refractivity contribution >= 4 is 17.4 Å². The molecule has 0 bridgehead atoms. The Kier molecular flexibility index (Phi) is 3.95. The number of carbonyl (C=O) groups excluding carboxylic acids is 1. The topological polar surface area (TPSA) is 84.2 Å². The van der Waals surface area contributed by atoms with Gasteiger partial charge in [-0.05, 0) is 30.7 Å². The van der Waals surface area contributed by atoms with Crippen LogP contribution in [0.4, 0.5) is 10.5 Å². The number of urea groups is 1. The molecule has 3 aromatic rings. The van der Waals surface area contributed by atoms with Gasteiger partial charge in [-0.25, -0.2) is 14.3 Å². The normalized spacial score (nSPS) is 10.6. The van der Waals surface area contributed by atoms with E-state index in [1.54, 1.807) is 29.2 Å². The number of nitrogens with zero attached hydrogens (tertiary/aromatic N) is 4. The minimum absolute atomic E-state index is 0.249. The number of fused-ring (bicyclic) bond motifs is 1. The summed E-state index contributed by atoms with van der Waals surface area (Å²) in [5, 5.41) is 9.97. The number of hydrogen-bond donors (Lipinski definition) is 2. The van der Waals surface area contributed by atoms with Crippen LogP contribution in [-0.4, -0.2) is 32.2 Å². The van der Waals surface area contributed by atoms with Gasteiger partial charge in [0, 0.05) is 30.7 Å². The molecule has 22 heavy (non-hydrogen) atoms. The first-order chi connectivity index (χ1) is 10.8. The minimum atomic E-state index is -0.249. The molecule has 2 amide bonds. The van der Waals surface area contributed by atoms with Crippen molar-refractivity contribution in [3.05, 3.63) is 42.9 Å². The summed E-state index contributed by atoms with van der Waals surface area (Å²) < 4.78 is 1.64. The summed E-state index contributed by atoms with van der Waals surface area (Å²) in [5.74, 6) is 0.566. The van der Waals surface area contributed by atoms with Crippen LogP contribution in [0.3, 0.4) is 0 Å². The summed E-state index contributed by atoms with van der Waals surface area (Å²) >= 11 is 0. The lowest BCUT2D eigenvalue weighted by Crippen LogP contribution is -2.29. The molecule has 2 N–H and O–H groups in total. The van der Waals surface area contributed by atoms with Gasteiger partial charge >= 0.3 is 6.03 Å². The first kappa shape index (κ1) is 14.0. The highest BCUT2D eigenvalue weighted by atomic mass is 16.2. The van der Waals surface area contributed by atoms with Crippen molar-refractivity contribution in [2.24, 2.45) is 0 Å². The third-order valence-corrected chi connectivity index (χ3v) is 3.07. The van der Waals surface area contributed by atoms with Crippen molar-refractivity contribution < 1.29 is 4.79 Å². The van der Waals surface area contributed by atoms with E-state index in [0.717, 1.165) is 12.0 Å². The predicted octanol–water partition coefficient (Wildman–Crippen LogP) is 2.32. The number of carbonyl (C=O) groups is 1. The zero-order valence-electron chi connectivity index (χ0n) is 12.2. The van der Waals surface area contributed by atoms with Crippen molar-refractivity contribution in [1.29, 1.82) is 0 Å². The zero-order chi connectivity index (χ0) is 15.4. The summed E-state index contributed by atoms with van der Waals surface area (Å²) in [6, 6.07) is 7.08. The first-order valence-electron chi connectivity index (χ1n) is 7.08. The van der Waals surface area contributed by atoms with E-state index >= 15 is 0 Å². The van der Waals surface area contributed by atoms with Crippen molar-refractivity contribution in [2.75, 3.05) is 11.9 Å². The van der Waals surface area contributed by atoms with Gasteiger partial charge in [-0.3, -0.25) is 4.98 Å². The second-order valence-corrected chi connectivity index (χ2v) is 4.75. The number of amides is 2. The number of rotatable bonds is 4. The van der Waals surface area contributed by atoms with E-state index in [0.29, 0.717) is 23.7 Å².